The Morgan fingerprint density at radius 3 is 2.19 bits per heavy atom. The van der Waals surface area contributed by atoms with Gasteiger partial charge in [0.05, 0.1) is 20.3 Å². The molecule has 1 spiro atoms. The third kappa shape index (κ3) is 3.48. The molecule has 2 heterocycles. The zero-order valence-electron chi connectivity index (χ0n) is 22.9. The molecule has 7 rings (SSSR count). The normalized spacial score (nSPS) is 21.2. The van der Waals surface area contributed by atoms with Gasteiger partial charge >= 0.3 is 0 Å². The van der Waals surface area contributed by atoms with Crippen molar-refractivity contribution >= 4 is 40.7 Å². The molecule has 0 aromatic heterocycles. The summed E-state index contributed by atoms with van der Waals surface area (Å²) in [4.78, 5) is 46.3. The molecular weight excluding hydrogens is 550 g/mol. The SMILES string of the molecule is COc1ccc(OC)c([C@@H]2[C@@H](C(=O)c3ccccc3)N3c4ccc(Cl)cc4C=CC3C23C(=O)c2ccccc2C3=O)c1. The molecule has 0 amide bonds. The average molecular weight is 576 g/mol. The standard InChI is InChI=1S/C35H26ClNO5/c1-41-23-14-16-28(42-2)26(19-23)30-31(32(38)20-8-4-3-5-9-20)37-27-15-13-22(36)18-21(27)12-17-29(37)35(30)33(39)24-10-6-7-11-25(24)34(35)40/h3-19,29-31H,1-2H3/t29?,30-,31+/m1/s1. The van der Waals surface area contributed by atoms with Gasteiger partial charge in [-0.25, -0.2) is 0 Å². The Bertz CT molecular complexity index is 1780. The van der Waals surface area contributed by atoms with Crippen LogP contribution >= 0.6 is 11.6 Å². The van der Waals surface area contributed by atoms with Crippen LogP contribution in [-0.2, 0) is 0 Å². The van der Waals surface area contributed by atoms with Crippen LogP contribution < -0.4 is 14.4 Å². The van der Waals surface area contributed by atoms with E-state index in [1.165, 1.54) is 0 Å². The smallest absolute Gasteiger partial charge is 0.185 e. The van der Waals surface area contributed by atoms with Gasteiger partial charge in [-0.3, -0.25) is 14.4 Å². The minimum Gasteiger partial charge on any atom is -0.497 e. The third-order valence-corrected chi connectivity index (χ3v) is 9.10. The predicted octanol–water partition coefficient (Wildman–Crippen LogP) is 6.67. The first-order valence-corrected chi connectivity index (χ1v) is 14.1. The van der Waals surface area contributed by atoms with E-state index in [-0.39, 0.29) is 17.3 Å². The van der Waals surface area contributed by atoms with E-state index in [1.807, 2.05) is 47.4 Å². The number of rotatable bonds is 5. The molecule has 2 aliphatic heterocycles. The highest BCUT2D eigenvalue weighted by atomic mass is 35.5. The van der Waals surface area contributed by atoms with Crippen LogP contribution in [-0.4, -0.2) is 43.7 Å². The first kappa shape index (κ1) is 26.2. The molecule has 6 nitrogen and oxygen atoms in total. The van der Waals surface area contributed by atoms with E-state index in [0.717, 1.165) is 11.3 Å². The van der Waals surface area contributed by atoms with Gasteiger partial charge < -0.3 is 14.4 Å². The van der Waals surface area contributed by atoms with Gasteiger partial charge in [-0.15, -0.1) is 0 Å². The van der Waals surface area contributed by atoms with E-state index in [0.29, 0.717) is 38.8 Å². The van der Waals surface area contributed by atoms with Gasteiger partial charge in [0.15, 0.2) is 17.3 Å². The summed E-state index contributed by atoms with van der Waals surface area (Å²) in [6.45, 7) is 0. The Balaban J connectivity index is 1.59. The fourth-order valence-corrected chi connectivity index (χ4v) is 7.33. The van der Waals surface area contributed by atoms with Crippen LogP contribution in [0, 0.1) is 5.41 Å². The Labute approximate surface area is 248 Å². The maximum Gasteiger partial charge on any atom is 0.185 e. The lowest BCUT2D eigenvalue weighted by atomic mass is 9.64. The maximum atomic E-state index is 14.8. The topological polar surface area (TPSA) is 72.9 Å². The molecule has 1 aliphatic carbocycles. The van der Waals surface area contributed by atoms with Crippen LogP contribution in [0.5, 0.6) is 11.5 Å². The van der Waals surface area contributed by atoms with E-state index in [2.05, 4.69) is 0 Å². The second-order valence-corrected chi connectivity index (χ2v) is 11.2. The minimum absolute atomic E-state index is 0.208. The summed E-state index contributed by atoms with van der Waals surface area (Å²) >= 11 is 6.38. The summed E-state index contributed by atoms with van der Waals surface area (Å²) in [6, 6.07) is 25.0. The number of carbonyl (C=O) groups is 3. The van der Waals surface area contributed by atoms with E-state index >= 15 is 0 Å². The summed E-state index contributed by atoms with van der Waals surface area (Å²) in [7, 11) is 3.09. The zero-order valence-corrected chi connectivity index (χ0v) is 23.7. The molecule has 1 unspecified atom stereocenters. The first-order valence-electron chi connectivity index (χ1n) is 13.7. The number of ketones is 3. The van der Waals surface area contributed by atoms with E-state index in [9.17, 15) is 14.4 Å². The fraction of sp³-hybridized carbons (Fsp3) is 0.171. The summed E-state index contributed by atoms with van der Waals surface area (Å²) in [6.07, 6.45) is 3.77. The van der Waals surface area contributed by atoms with Crippen molar-refractivity contribution in [1.82, 2.24) is 0 Å². The number of nitrogens with zero attached hydrogens (tertiary/aromatic N) is 1. The third-order valence-electron chi connectivity index (χ3n) is 8.86. The van der Waals surface area contributed by atoms with Crippen LogP contribution in [0.3, 0.4) is 0 Å². The summed E-state index contributed by atoms with van der Waals surface area (Å²) in [5.41, 5.74) is 1.63. The Morgan fingerprint density at radius 1 is 0.833 bits per heavy atom. The number of methoxy groups -OCH3 is 2. The zero-order chi connectivity index (χ0) is 29.2. The van der Waals surface area contributed by atoms with Crippen LogP contribution in [0.1, 0.15) is 48.1 Å². The average Bonchev–Trinajstić information content (AvgIpc) is 3.46. The largest absolute Gasteiger partial charge is 0.497 e. The van der Waals surface area contributed by atoms with Crippen molar-refractivity contribution < 1.29 is 23.9 Å². The van der Waals surface area contributed by atoms with Gasteiger partial charge in [0.1, 0.15) is 23.0 Å². The van der Waals surface area contributed by atoms with Crippen molar-refractivity contribution in [2.75, 3.05) is 19.1 Å². The molecule has 0 saturated carbocycles. The molecule has 42 heavy (non-hydrogen) atoms. The highest BCUT2D eigenvalue weighted by molar-refractivity contribution is 6.33. The van der Waals surface area contributed by atoms with Crippen LogP contribution in [0.25, 0.3) is 6.08 Å². The van der Waals surface area contributed by atoms with Gasteiger partial charge in [-0.1, -0.05) is 78.4 Å². The Morgan fingerprint density at radius 2 is 1.52 bits per heavy atom. The lowest BCUT2D eigenvalue weighted by Gasteiger charge is -2.37. The number of hydrogen-bond donors (Lipinski definition) is 0. The van der Waals surface area contributed by atoms with Crippen molar-refractivity contribution in [2.24, 2.45) is 5.41 Å². The number of hydrogen-bond acceptors (Lipinski definition) is 6. The van der Waals surface area contributed by atoms with Crippen molar-refractivity contribution in [3.05, 3.63) is 130 Å². The summed E-state index contributed by atoms with van der Waals surface area (Å²) in [5.74, 6) is -0.756. The highest BCUT2D eigenvalue weighted by Gasteiger charge is 2.72. The maximum absolute atomic E-state index is 14.8. The number of anilines is 1. The number of Topliss-reactive ketones (excluding diaryl/α,β-unsaturated/α-hetero) is 3. The predicted molar refractivity (Wildman–Crippen MR) is 161 cm³/mol. The van der Waals surface area contributed by atoms with Crippen LogP contribution in [0.15, 0.2) is 97.1 Å². The summed E-state index contributed by atoms with van der Waals surface area (Å²) in [5, 5.41) is 0.545. The molecule has 0 N–H and O–H groups in total. The van der Waals surface area contributed by atoms with Gasteiger partial charge in [0, 0.05) is 38.9 Å². The summed E-state index contributed by atoms with van der Waals surface area (Å²) < 4.78 is 11.4. The molecular formula is C35H26ClNO5. The lowest BCUT2D eigenvalue weighted by molar-refractivity contribution is 0.0664. The molecule has 3 atom stereocenters. The molecule has 208 valence electrons. The number of fused-ring (bicyclic) bond motifs is 5. The second kappa shape index (κ2) is 9.71. The van der Waals surface area contributed by atoms with Crippen LogP contribution in [0.4, 0.5) is 5.69 Å². The Kier molecular flexibility index (Phi) is 6.06. The van der Waals surface area contributed by atoms with Gasteiger partial charge in [0.2, 0.25) is 0 Å². The van der Waals surface area contributed by atoms with Crippen LogP contribution in [0.2, 0.25) is 5.02 Å². The second-order valence-electron chi connectivity index (χ2n) is 10.7. The number of benzene rings is 4. The van der Waals surface area contributed by atoms with E-state index in [1.54, 1.807) is 74.9 Å². The van der Waals surface area contributed by atoms with Gasteiger partial charge in [-0.2, -0.15) is 0 Å². The highest BCUT2D eigenvalue weighted by Crippen LogP contribution is 2.62. The minimum atomic E-state index is -1.65. The van der Waals surface area contributed by atoms with Gasteiger partial charge in [0.25, 0.3) is 0 Å². The molecule has 4 aromatic rings. The quantitative estimate of drug-likeness (QED) is 0.195. The lowest BCUT2D eigenvalue weighted by Crippen LogP contribution is -2.48. The molecule has 1 fully saturated rings. The molecule has 7 heteroatoms. The first-order chi connectivity index (χ1) is 20.4. The molecule has 4 aromatic carbocycles. The fourth-order valence-electron chi connectivity index (χ4n) is 7.15. The molecule has 0 radical (unpaired) electrons. The van der Waals surface area contributed by atoms with Crippen molar-refractivity contribution in [1.29, 1.82) is 0 Å². The van der Waals surface area contributed by atoms with Crippen molar-refractivity contribution in [3.8, 4) is 11.5 Å². The monoisotopic (exact) mass is 575 g/mol. The van der Waals surface area contributed by atoms with E-state index < -0.39 is 23.4 Å². The van der Waals surface area contributed by atoms with Gasteiger partial charge in [-0.05, 0) is 42.0 Å². The molecule has 1 saturated heterocycles. The van der Waals surface area contributed by atoms with E-state index in [4.69, 9.17) is 21.1 Å². The molecule has 3 aliphatic rings. The number of ether oxygens (including phenoxy) is 2. The van der Waals surface area contributed by atoms with Crippen molar-refractivity contribution in [3.63, 3.8) is 0 Å². The number of carbonyl (C=O) groups excluding carboxylic acids is 3. The number of halogens is 1. The Hall–Kier alpha value is -4.68. The van der Waals surface area contributed by atoms with Crippen molar-refractivity contribution in [2.45, 2.75) is 18.0 Å². The molecule has 0 bridgehead atoms.